The van der Waals surface area contributed by atoms with Crippen molar-refractivity contribution in [3.8, 4) is 0 Å². The van der Waals surface area contributed by atoms with Gasteiger partial charge < -0.3 is 4.98 Å². The number of benzene rings is 1. The molecule has 0 aliphatic heterocycles. The number of aromatic nitrogens is 4. The van der Waals surface area contributed by atoms with Crippen LogP contribution < -0.4 is 11.2 Å². The molecule has 2 N–H and O–H groups in total. The highest BCUT2D eigenvalue weighted by atomic mass is 35.5. The first kappa shape index (κ1) is 13.3. The SMILES string of the molecule is Cn1c(=O)[nH]c(=O)c2[nH]c(N=Nc3cccc(Cl)c3)nc21. The third kappa shape index (κ3) is 2.48. The number of rotatable bonds is 2. The van der Waals surface area contributed by atoms with Crippen molar-refractivity contribution >= 4 is 34.4 Å². The standard InChI is InChI=1S/C12H9ClN6O2/c1-19-9-8(10(20)16-12(19)21)14-11(15-9)18-17-7-4-2-3-6(13)5-7/h2-5H,1H3,(H,14,15)(H,16,20,21). The van der Waals surface area contributed by atoms with Crippen molar-refractivity contribution in [3.63, 3.8) is 0 Å². The van der Waals surface area contributed by atoms with Gasteiger partial charge in [0.05, 0.1) is 5.69 Å². The molecule has 3 rings (SSSR count). The fourth-order valence-electron chi connectivity index (χ4n) is 1.78. The topological polar surface area (TPSA) is 108 Å². The van der Waals surface area contributed by atoms with Crippen molar-refractivity contribution in [2.75, 3.05) is 0 Å². The van der Waals surface area contributed by atoms with Crippen LogP contribution >= 0.6 is 11.6 Å². The maximum absolute atomic E-state index is 11.7. The van der Waals surface area contributed by atoms with Gasteiger partial charge in [-0.25, -0.2) is 4.79 Å². The molecule has 0 aliphatic carbocycles. The van der Waals surface area contributed by atoms with Gasteiger partial charge in [0, 0.05) is 12.1 Å². The summed E-state index contributed by atoms with van der Waals surface area (Å²) < 4.78 is 1.21. The van der Waals surface area contributed by atoms with Crippen LogP contribution in [0.3, 0.4) is 0 Å². The second kappa shape index (κ2) is 4.98. The molecule has 2 heterocycles. The van der Waals surface area contributed by atoms with Crippen LogP contribution in [0, 0.1) is 0 Å². The maximum atomic E-state index is 11.7. The summed E-state index contributed by atoms with van der Waals surface area (Å²) in [5.74, 6) is 0.122. The molecule has 0 spiro atoms. The Morgan fingerprint density at radius 1 is 1.24 bits per heavy atom. The van der Waals surface area contributed by atoms with Gasteiger partial charge in [-0.2, -0.15) is 4.98 Å². The molecular formula is C12H9ClN6O2. The minimum absolute atomic E-state index is 0.122. The number of aromatic amines is 2. The third-order valence-corrected chi connectivity index (χ3v) is 3.05. The van der Waals surface area contributed by atoms with E-state index in [2.05, 4.69) is 25.2 Å². The number of azo groups is 1. The Labute approximate surface area is 122 Å². The van der Waals surface area contributed by atoms with Crippen LogP contribution in [0.15, 0.2) is 44.1 Å². The van der Waals surface area contributed by atoms with Crippen LogP contribution in [0.2, 0.25) is 5.02 Å². The van der Waals surface area contributed by atoms with Crippen molar-refractivity contribution in [2.45, 2.75) is 0 Å². The number of hydrogen-bond donors (Lipinski definition) is 2. The fourth-order valence-corrected chi connectivity index (χ4v) is 1.97. The zero-order chi connectivity index (χ0) is 15.0. The minimum atomic E-state index is -0.551. The molecule has 2 aromatic heterocycles. The molecule has 106 valence electrons. The predicted molar refractivity (Wildman–Crippen MR) is 77.6 cm³/mol. The van der Waals surface area contributed by atoms with Crippen LogP contribution in [0.25, 0.3) is 11.2 Å². The quantitative estimate of drug-likeness (QED) is 0.707. The zero-order valence-electron chi connectivity index (χ0n) is 10.8. The summed E-state index contributed by atoms with van der Waals surface area (Å²) in [6.45, 7) is 0. The van der Waals surface area contributed by atoms with Gasteiger partial charge in [-0.05, 0) is 18.2 Å². The average Bonchev–Trinajstić information content (AvgIpc) is 2.88. The van der Waals surface area contributed by atoms with E-state index >= 15 is 0 Å². The van der Waals surface area contributed by atoms with Crippen molar-refractivity contribution in [1.82, 2.24) is 19.5 Å². The number of hydrogen-bond acceptors (Lipinski definition) is 5. The lowest BCUT2D eigenvalue weighted by Gasteiger charge is -1.94. The van der Waals surface area contributed by atoms with Crippen LogP contribution in [0.1, 0.15) is 0 Å². The monoisotopic (exact) mass is 304 g/mol. The summed E-state index contributed by atoms with van der Waals surface area (Å²) in [5, 5.41) is 8.40. The number of halogens is 1. The maximum Gasteiger partial charge on any atom is 0.329 e. The van der Waals surface area contributed by atoms with Gasteiger partial charge in [0.1, 0.15) is 0 Å². The largest absolute Gasteiger partial charge is 0.329 e. The van der Waals surface area contributed by atoms with Crippen LogP contribution in [0.5, 0.6) is 0 Å². The van der Waals surface area contributed by atoms with Crippen molar-refractivity contribution in [3.05, 3.63) is 50.1 Å². The highest BCUT2D eigenvalue weighted by Crippen LogP contribution is 2.20. The van der Waals surface area contributed by atoms with Gasteiger partial charge in [0.25, 0.3) is 5.56 Å². The second-order valence-corrected chi connectivity index (χ2v) is 4.69. The van der Waals surface area contributed by atoms with E-state index in [9.17, 15) is 9.59 Å². The molecule has 0 saturated heterocycles. The number of nitrogens with zero attached hydrogens (tertiary/aromatic N) is 4. The molecule has 3 aromatic rings. The minimum Gasteiger partial charge on any atom is -0.315 e. The summed E-state index contributed by atoms with van der Waals surface area (Å²) >= 11 is 5.84. The molecule has 0 unspecified atom stereocenters. The van der Waals surface area contributed by atoms with Gasteiger partial charge in [-0.15, -0.1) is 10.2 Å². The summed E-state index contributed by atoms with van der Waals surface area (Å²) in [4.78, 5) is 32.1. The van der Waals surface area contributed by atoms with Crippen molar-refractivity contribution in [2.24, 2.45) is 17.3 Å². The van der Waals surface area contributed by atoms with Gasteiger partial charge >= 0.3 is 5.69 Å². The Balaban J connectivity index is 2.06. The number of aryl methyl sites for hydroxylation is 1. The number of H-pyrrole nitrogens is 2. The van der Waals surface area contributed by atoms with Crippen LogP contribution in [-0.4, -0.2) is 19.5 Å². The Kier molecular flexibility index (Phi) is 3.15. The first-order valence-corrected chi connectivity index (χ1v) is 6.29. The highest BCUT2D eigenvalue weighted by Gasteiger charge is 2.10. The van der Waals surface area contributed by atoms with E-state index in [-0.39, 0.29) is 17.1 Å². The Morgan fingerprint density at radius 3 is 2.81 bits per heavy atom. The lowest BCUT2D eigenvalue weighted by molar-refractivity contribution is 0.832. The molecule has 0 aliphatic rings. The molecular weight excluding hydrogens is 296 g/mol. The van der Waals surface area contributed by atoms with E-state index in [1.54, 1.807) is 24.3 Å². The van der Waals surface area contributed by atoms with Gasteiger partial charge in [-0.1, -0.05) is 17.7 Å². The number of fused-ring (bicyclic) bond motifs is 1. The summed E-state index contributed by atoms with van der Waals surface area (Å²) in [6.07, 6.45) is 0. The van der Waals surface area contributed by atoms with E-state index in [0.717, 1.165) is 0 Å². The van der Waals surface area contributed by atoms with Crippen LogP contribution in [-0.2, 0) is 7.05 Å². The van der Waals surface area contributed by atoms with E-state index in [1.807, 2.05) is 0 Å². The molecule has 0 saturated carbocycles. The normalized spacial score (nSPS) is 11.5. The lowest BCUT2D eigenvalue weighted by Crippen LogP contribution is -2.28. The molecule has 9 heteroatoms. The highest BCUT2D eigenvalue weighted by molar-refractivity contribution is 6.30. The van der Waals surface area contributed by atoms with E-state index in [1.165, 1.54) is 11.6 Å². The Bertz CT molecular complexity index is 968. The molecule has 0 bridgehead atoms. The van der Waals surface area contributed by atoms with E-state index in [0.29, 0.717) is 10.7 Å². The first-order valence-electron chi connectivity index (χ1n) is 5.91. The first-order chi connectivity index (χ1) is 10.0. The molecule has 1 aromatic carbocycles. The summed E-state index contributed by atoms with van der Waals surface area (Å²) in [5.41, 5.74) is -0.172. The van der Waals surface area contributed by atoms with Crippen molar-refractivity contribution < 1.29 is 0 Å². The molecule has 21 heavy (non-hydrogen) atoms. The smallest absolute Gasteiger partial charge is 0.315 e. The molecule has 0 atom stereocenters. The number of nitrogens with one attached hydrogen (secondary N) is 2. The molecule has 8 nitrogen and oxygen atoms in total. The second-order valence-electron chi connectivity index (χ2n) is 4.26. The molecule has 0 radical (unpaired) electrons. The molecule has 0 amide bonds. The lowest BCUT2D eigenvalue weighted by atomic mass is 10.3. The van der Waals surface area contributed by atoms with Gasteiger partial charge in [0.15, 0.2) is 11.2 Å². The van der Waals surface area contributed by atoms with Crippen molar-refractivity contribution in [1.29, 1.82) is 0 Å². The Hall–Kier alpha value is -2.74. The number of imidazole rings is 1. The van der Waals surface area contributed by atoms with Gasteiger partial charge in [0.2, 0.25) is 5.95 Å². The predicted octanol–water partition coefficient (Wildman–Crippen LogP) is 2.02. The summed E-state index contributed by atoms with van der Waals surface area (Å²) in [7, 11) is 1.50. The fraction of sp³-hybridized carbons (Fsp3) is 0.0833. The Morgan fingerprint density at radius 2 is 2.05 bits per heavy atom. The van der Waals surface area contributed by atoms with E-state index < -0.39 is 11.2 Å². The van der Waals surface area contributed by atoms with Crippen LogP contribution in [0.4, 0.5) is 11.6 Å². The van der Waals surface area contributed by atoms with Gasteiger partial charge in [-0.3, -0.25) is 14.3 Å². The summed E-state index contributed by atoms with van der Waals surface area (Å²) in [6, 6.07) is 6.82. The zero-order valence-corrected chi connectivity index (χ0v) is 11.5. The third-order valence-electron chi connectivity index (χ3n) is 2.81. The van der Waals surface area contributed by atoms with E-state index in [4.69, 9.17) is 11.6 Å². The average molecular weight is 305 g/mol. The molecule has 0 fully saturated rings.